The van der Waals surface area contributed by atoms with Gasteiger partial charge in [0.15, 0.2) is 0 Å². The predicted molar refractivity (Wildman–Crippen MR) is 88.0 cm³/mol. The molecule has 0 unspecified atom stereocenters. The molecule has 7 heteroatoms. The summed E-state index contributed by atoms with van der Waals surface area (Å²) in [5.74, 6) is -0.900. The average Bonchev–Trinajstić information content (AvgIpc) is 2.62. The molecular formula is C17H19FN4O2. The van der Waals surface area contributed by atoms with E-state index in [0.717, 1.165) is 31.6 Å². The zero-order valence-corrected chi connectivity index (χ0v) is 13.4. The van der Waals surface area contributed by atoms with Gasteiger partial charge in [-0.1, -0.05) is 6.07 Å². The van der Waals surface area contributed by atoms with Gasteiger partial charge in [0.2, 0.25) is 0 Å². The highest BCUT2D eigenvalue weighted by Gasteiger charge is 2.20. The number of halogens is 1. The fraction of sp³-hybridized carbons (Fsp3) is 0.353. The van der Waals surface area contributed by atoms with Gasteiger partial charge in [-0.2, -0.15) is 0 Å². The summed E-state index contributed by atoms with van der Waals surface area (Å²) >= 11 is 0. The van der Waals surface area contributed by atoms with E-state index in [1.54, 1.807) is 12.3 Å². The number of nitrogens with zero attached hydrogens (tertiary/aromatic N) is 2. The van der Waals surface area contributed by atoms with Crippen molar-refractivity contribution in [1.29, 1.82) is 0 Å². The number of piperidine rings is 1. The lowest BCUT2D eigenvalue weighted by atomic mass is 9.96. The molecule has 126 valence electrons. The van der Waals surface area contributed by atoms with E-state index >= 15 is 0 Å². The molecule has 0 spiro atoms. The summed E-state index contributed by atoms with van der Waals surface area (Å²) in [6.07, 6.45) is 3.78. The number of carbonyl (C=O) groups is 1. The van der Waals surface area contributed by atoms with E-state index in [9.17, 15) is 9.18 Å². The molecule has 1 fully saturated rings. The number of carbonyl (C=O) groups excluding carboxylic acids is 1. The summed E-state index contributed by atoms with van der Waals surface area (Å²) in [6, 6.07) is 4.20. The molecular weight excluding hydrogens is 311 g/mol. The number of rotatable bonds is 3. The van der Waals surface area contributed by atoms with Gasteiger partial charge in [0.25, 0.3) is 0 Å². The van der Waals surface area contributed by atoms with E-state index in [0.29, 0.717) is 11.3 Å². The number of esters is 1. The van der Waals surface area contributed by atoms with Crippen LogP contribution in [0.4, 0.5) is 10.2 Å². The largest absolute Gasteiger partial charge is 0.465 e. The van der Waals surface area contributed by atoms with Crippen molar-refractivity contribution in [3.05, 3.63) is 41.5 Å². The first-order valence-corrected chi connectivity index (χ1v) is 7.81. The second-order valence-corrected chi connectivity index (χ2v) is 5.76. The maximum absolute atomic E-state index is 14.2. The Morgan fingerprint density at radius 2 is 2.29 bits per heavy atom. The Hall–Kier alpha value is -2.54. The van der Waals surface area contributed by atoms with Gasteiger partial charge in [-0.25, -0.2) is 19.2 Å². The highest BCUT2D eigenvalue weighted by Crippen LogP contribution is 2.28. The molecule has 0 bridgehead atoms. The summed E-state index contributed by atoms with van der Waals surface area (Å²) < 4.78 is 18.7. The summed E-state index contributed by atoms with van der Waals surface area (Å²) in [6.45, 7) is 1.85. The molecule has 6 nitrogen and oxygen atoms in total. The van der Waals surface area contributed by atoms with Gasteiger partial charge >= 0.3 is 5.97 Å². The Morgan fingerprint density at radius 3 is 2.96 bits per heavy atom. The van der Waals surface area contributed by atoms with Gasteiger partial charge in [-0.05, 0) is 31.5 Å². The van der Waals surface area contributed by atoms with Crippen molar-refractivity contribution in [2.75, 3.05) is 25.9 Å². The molecule has 24 heavy (non-hydrogen) atoms. The van der Waals surface area contributed by atoms with Crippen molar-refractivity contribution in [2.45, 2.75) is 18.8 Å². The van der Waals surface area contributed by atoms with Crippen molar-refractivity contribution in [2.24, 2.45) is 0 Å². The number of methoxy groups -OCH3 is 1. The first-order valence-electron chi connectivity index (χ1n) is 7.81. The number of nitrogens with two attached hydrogens (primary N) is 1. The van der Waals surface area contributed by atoms with Crippen LogP contribution in [0.5, 0.6) is 0 Å². The van der Waals surface area contributed by atoms with Crippen molar-refractivity contribution in [3.8, 4) is 11.3 Å². The summed E-state index contributed by atoms with van der Waals surface area (Å²) in [5, 5.41) is 3.33. The Morgan fingerprint density at radius 1 is 1.46 bits per heavy atom. The van der Waals surface area contributed by atoms with Crippen LogP contribution in [0.15, 0.2) is 24.4 Å². The molecule has 1 saturated heterocycles. The molecule has 1 atom stereocenters. The molecule has 2 heterocycles. The van der Waals surface area contributed by atoms with Crippen LogP contribution in [0.3, 0.4) is 0 Å². The SMILES string of the molecule is COC(=O)c1ccc(-c2nc([C@H]3CCCNC3)cnc2N)cc1F. The lowest BCUT2D eigenvalue weighted by molar-refractivity contribution is 0.0595. The van der Waals surface area contributed by atoms with Gasteiger partial charge in [0.1, 0.15) is 17.3 Å². The van der Waals surface area contributed by atoms with Crippen LogP contribution in [-0.4, -0.2) is 36.1 Å². The maximum Gasteiger partial charge on any atom is 0.340 e. The van der Waals surface area contributed by atoms with Crippen LogP contribution in [0.25, 0.3) is 11.3 Å². The van der Waals surface area contributed by atoms with Crippen LogP contribution in [0, 0.1) is 5.82 Å². The summed E-state index contributed by atoms with van der Waals surface area (Å²) in [7, 11) is 1.21. The lowest BCUT2D eigenvalue weighted by Crippen LogP contribution is -2.29. The molecule has 1 aromatic carbocycles. The minimum Gasteiger partial charge on any atom is -0.465 e. The number of hydrogen-bond donors (Lipinski definition) is 2. The zero-order chi connectivity index (χ0) is 17.1. The van der Waals surface area contributed by atoms with Gasteiger partial charge < -0.3 is 15.8 Å². The van der Waals surface area contributed by atoms with Crippen molar-refractivity contribution < 1.29 is 13.9 Å². The van der Waals surface area contributed by atoms with E-state index in [1.165, 1.54) is 19.2 Å². The van der Waals surface area contributed by atoms with E-state index in [1.807, 2.05) is 0 Å². The predicted octanol–water partition coefficient (Wildman–Crippen LogP) is 2.12. The third-order valence-electron chi connectivity index (χ3n) is 4.18. The molecule has 0 saturated carbocycles. The number of hydrogen-bond acceptors (Lipinski definition) is 6. The van der Waals surface area contributed by atoms with Crippen LogP contribution >= 0.6 is 0 Å². The van der Waals surface area contributed by atoms with Gasteiger partial charge in [-0.15, -0.1) is 0 Å². The third kappa shape index (κ3) is 3.21. The van der Waals surface area contributed by atoms with Crippen LogP contribution in [0.1, 0.15) is 34.8 Å². The van der Waals surface area contributed by atoms with Gasteiger partial charge in [0, 0.05) is 18.0 Å². The Bertz CT molecular complexity index is 760. The molecule has 3 N–H and O–H groups in total. The number of aromatic nitrogens is 2. The van der Waals surface area contributed by atoms with E-state index in [-0.39, 0.29) is 17.3 Å². The van der Waals surface area contributed by atoms with Crippen molar-refractivity contribution in [1.82, 2.24) is 15.3 Å². The smallest absolute Gasteiger partial charge is 0.340 e. The highest BCUT2D eigenvalue weighted by atomic mass is 19.1. The zero-order valence-electron chi connectivity index (χ0n) is 13.4. The standard InChI is InChI=1S/C17H19FN4O2/c1-24-17(23)12-5-4-10(7-13(12)18)15-16(19)21-9-14(22-15)11-3-2-6-20-8-11/h4-5,7,9,11,20H,2-3,6,8H2,1H3,(H2,19,21)/t11-/m0/s1. The second kappa shape index (κ2) is 6.92. The van der Waals surface area contributed by atoms with Gasteiger partial charge in [0.05, 0.1) is 24.6 Å². The van der Waals surface area contributed by atoms with Crippen molar-refractivity contribution >= 4 is 11.8 Å². The Balaban J connectivity index is 1.96. The number of nitrogen functional groups attached to an aromatic ring is 1. The molecule has 0 radical (unpaired) electrons. The Labute approximate surface area is 139 Å². The van der Waals surface area contributed by atoms with Crippen LogP contribution < -0.4 is 11.1 Å². The molecule has 0 amide bonds. The van der Waals surface area contributed by atoms with Crippen LogP contribution in [0.2, 0.25) is 0 Å². The number of nitrogens with one attached hydrogen (secondary N) is 1. The van der Waals surface area contributed by atoms with E-state index in [4.69, 9.17) is 5.73 Å². The first kappa shape index (κ1) is 16.3. The molecule has 2 aromatic rings. The molecule has 1 aliphatic rings. The lowest BCUT2D eigenvalue weighted by Gasteiger charge is -2.22. The normalized spacial score (nSPS) is 17.5. The molecule has 1 aromatic heterocycles. The maximum atomic E-state index is 14.2. The summed E-state index contributed by atoms with van der Waals surface area (Å²) in [4.78, 5) is 20.3. The second-order valence-electron chi connectivity index (χ2n) is 5.76. The molecule has 3 rings (SSSR count). The number of ether oxygens (including phenoxy) is 1. The van der Waals surface area contributed by atoms with Crippen LogP contribution in [-0.2, 0) is 4.74 Å². The monoisotopic (exact) mass is 330 g/mol. The highest BCUT2D eigenvalue weighted by molar-refractivity contribution is 5.90. The molecule has 0 aliphatic carbocycles. The molecule has 1 aliphatic heterocycles. The minimum absolute atomic E-state index is 0.125. The number of benzene rings is 1. The first-order chi connectivity index (χ1) is 11.6. The topological polar surface area (TPSA) is 90.1 Å². The number of anilines is 1. The quantitative estimate of drug-likeness (QED) is 0.838. The fourth-order valence-electron chi connectivity index (χ4n) is 2.86. The van der Waals surface area contributed by atoms with Gasteiger partial charge in [-0.3, -0.25) is 0 Å². The van der Waals surface area contributed by atoms with E-state index < -0.39 is 11.8 Å². The third-order valence-corrected chi connectivity index (χ3v) is 4.18. The van der Waals surface area contributed by atoms with E-state index in [2.05, 4.69) is 20.0 Å². The fourth-order valence-corrected chi connectivity index (χ4v) is 2.86. The summed E-state index contributed by atoms with van der Waals surface area (Å²) in [5.41, 5.74) is 7.54. The average molecular weight is 330 g/mol. The van der Waals surface area contributed by atoms with Crippen molar-refractivity contribution in [3.63, 3.8) is 0 Å². The minimum atomic E-state index is -0.722. The Kier molecular flexibility index (Phi) is 4.71.